The molecule has 1 saturated heterocycles. The molecule has 1 N–H and O–H groups in total. The van der Waals surface area contributed by atoms with Gasteiger partial charge in [-0.15, -0.1) is 0 Å². The van der Waals surface area contributed by atoms with Crippen LogP contribution >= 0.6 is 0 Å². The van der Waals surface area contributed by atoms with Gasteiger partial charge in [0.2, 0.25) is 0 Å². The van der Waals surface area contributed by atoms with Gasteiger partial charge in [0, 0.05) is 31.2 Å². The summed E-state index contributed by atoms with van der Waals surface area (Å²) in [6.45, 7) is 3.46. The molecule has 0 radical (unpaired) electrons. The fraction of sp³-hybridized carbons (Fsp3) is 0.333. The van der Waals surface area contributed by atoms with Crippen LogP contribution in [0.4, 0.5) is 5.69 Å². The molecular formula is C15H17N5O. The second-order valence-electron chi connectivity index (χ2n) is 5.29. The van der Waals surface area contributed by atoms with Crippen molar-refractivity contribution in [2.45, 2.75) is 0 Å². The van der Waals surface area contributed by atoms with Gasteiger partial charge in [-0.05, 0) is 18.2 Å². The average Bonchev–Trinajstić information content (AvgIpc) is 3.13. The molecule has 108 valence electrons. The monoisotopic (exact) mass is 283 g/mol. The third-order valence-corrected chi connectivity index (χ3v) is 3.98. The van der Waals surface area contributed by atoms with Crippen molar-refractivity contribution in [1.82, 2.24) is 19.7 Å². The Bertz CT molecular complexity index is 769. The molecule has 1 fully saturated rings. The molecule has 0 aliphatic carbocycles. The van der Waals surface area contributed by atoms with E-state index in [1.807, 2.05) is 17.8 Å². The highest BCUT2D eigenvalue weighted by Crippen LogP contribution is 2.29. The molecule has 4 rings (SSSR count). The molecule has 0 atom stereocenters. The zero-order valence-corrected chi connectivity index (χ0v) is 11.9. The van der Waals surface area contributed by atoms with Gasteiger partial charge in [0.05, 0.1) is 36.9 Å². The number of aryl methyl sites for hydroxylation is 1. The van der Waals surface area contributed by atoms with E-state index >= 15 is 0 Å². The lowest BCUT2D eigenvalue weighted by Gasteiger charge is -2.28. The maximum Gasteiger partial charge on any atom is 0.118 e. The van der Waals surface area contributed by atoms with Crippen molar-refractivity contribution in [3.63, 3.8) is 0 Å². The Labute approximate surface area is 122 Å². The summed E-state index contributed by atoms with van der Waals surface area (Å²) in [5.74, 6) is 0. The van der Waals surface area contributed by atoms with Gasteiger partial charge in [0.25, 0.3) is 0 Å². The zero-order chi connectivity index (χ0) is 14.2. The number of hydrogen-bond donors (Lipinski definition) is 1. The van der Waals surface area contributed by atoms with Gasteiger partial charge < -0.3 is 14.2 Å². The Hall–Kier alpha value is -2.34. The van der Waals surface area contributed by atoms with Crippen LogP contribution in [0.5, 0.6) is 0 Å². The molecule has 0 amide bonds. The van der Waals surface area contributed by atoms with E-state index in [0.717, 1.165) is 48.6 Å². The van der Waals surface area contributed by atoms with Crippen LogP contribution in [0.1, 0.15) is 0 Å². The first kappa shape index (κ1) is 12.4. The maximum atomic E-state index is 5.40. The van der Waals surface area contributed by atoms with Crippen LogP contribution in [-0.4, -0.2) is 46.1 Å². The summed E-state index contributed by atoms with van der Waals surface area (Å²) in [5.41, 5.74) is 4.22. The van der Waals surface area contributed by atoms with E-state index in [0.29, 0.717) is 0 Å². The van der Waals surface area contributed by atoms with Gasteiger partial charge in [0.1, 0.15) is 5.69 Å². The van der Waals surface area contributed by atoms with Crippen molar-refractivity contribution in [3.05, 3.63) is 30.7 Å². The molecule has 1 aromatic carbocycles. The number of aromatic amines is 1. The lowest BCUT2D eigenvalue weighted by molar-refractivity contribution is 0.122. The number of rotatable bonds is 2. The Morgan fingerprint density at radius 2 is 2.10 bits per heavy atom. The van der Waals surface area contributed by atoms with Crippen LogP contribution in [0, 0.1) is 0 Å². The number of imidazole rings is 1. The van der Waals surface area contributed by atoms with Gasteiger partial charge in [0.15, 0.2) is 0 Å². The molecule has 0 saturated carbocycles. The second-order valence-corrected chi connectivity index (χ2v) is 5.29. The van der Waals surface area contributed by atoms with E-state index in [4.69, 9.17) is 4.74 Å². The van der Waals surface area contributed by atoms with Crippen molar-refractivity contribution in [2.24, 2.45) is 7.05 Å². The first-order valence-corrected chi connectivity index (χ1v) is 7.10. The van der Waals surface area contributed by atoms with Gasteiger partial charge in [-0.2, -0.15) is 5.10 Å². The molecule has 2 aromatic heterocycles. The molecule has 0 bridgehead atoms. The number of hydrogen-bond acceptors (Lipinski definition) is 4. The Balaban J connectivity index is 1.75. The zero-order valence-electron chi connectivity index (χ0n) is 11.9. The van der Waals surface area contributed by atoms with E-state index in [-0.39, 0.29) is 0 Å². The van der Waals surface area contributed by atoms with Crippen LogP contribution in [0.2, 0.25) is 0 Å². The summed E-state index contributed by atoms with van der Waals surface area (Å²) in [4.78, 5) is 6.50. The molecule has 3 heterocycles. The maximum absolute atomic E-state index is 5.40. The number of ether oxygens (including phenoxy) is 1. The second kappa shape index (κ2) is 4.89. The first-order valence-electron chi connectivity index (χ1n) is 7.10. The number of nitrogens with one attached hydrogen (secondary N) is 1. The van der Waals surface area contributed by atoms with E-state index < -0.39 is 0 Å². The molecule has 6 heteroatoms. The fourth-order valence-electron chi connectivity index (χ4n) is 2.81. The van der Waals surface area contributed by atoms with E-state index in [1.165, 1.54) is 5.69 Å². The number of fused-ring (bicyclic) bond motifs is 1. The number of aromatic nitrogens is 4. The third-order valence-electron chi connectivity index (χ3n) is 3.98. The van der Waals surface area contributed by atoms with Crippen LogP contribution in [0.3, 0.4) is 0 Å². The molecule has 0 spiro atoms. The Morgan fingerprint density at radius 3 is 2.86 bits per heavy atom. The average molecular weight is 283 g/mol. The summed E-state index contributed by atoms with van der Waals surface area (Å²) in [5, 5.41) is 8.71. The minimum absolute atomic E-state index is 0.793. The predicted molar refractivity (Wildman–Crippen MR) is 81.3 cm³/mol. The van der Waals surface area contributed by atoms with Crippen LogP contribution in [-0.2, 0) is 11.8 Å². The van der Waals surface area contributed by atoms with Gasteiger partial charge in [-0.3, -0.25) is 5.10 Å². The minimum atomic E-state index is 0.793. The lowest BCUT2D eigenvalue weighted by Crippen LogP contribution is -2.36. The topological polar surface area (TPSA) is 59.0 Å². The first-order chi connectivity index (χ1) is 10.3. The Morgan fingerprint density at radius 1 is 1.24 bits per heavy atom. The smallest absolute Gasteiger partial charge is 0.118 e. The highest BCUT2D eigenvalue weighted by atomic mass is 16.5. The van der Waals surface area contributed by atoms with E-state index in [2.05, 4.69) is 38.3 Å². The molecule has 21 heavy (non-hydrogen) atoms. The van der Waals surface area contributed by atoms with Crippen LogP contribution < -0.4 is 4.90 Å². The third kappa shape index (κ3) is 2.08. The van der Waals surface area contributed by atoms with Crippen molar-refractivity contribution < 1.29 is 4.74 Å². The summed E-state index contributed by atoms with van der Waals surface area (Å²) in [7, 11) is 1.98. The van der Waals surface area contributed by atoms with Gasteiger partial charge >= 0.3 is 0 Å². The summed E-state index contributed by atoms with van der Waals surface area (Å²) < 4.78 is 7.38. The quantitative estimate of drug-likeness (QED) is 0.779. The predicted octanol–water partition coefficient (Wildman–Crippen LogP) is 1.80. The SMILES string of the molecule is Cn1cncc1-c1n[nH]c2cc(N3CCOCC3)ccc12. The number of H-pyrrole nitrogens is 1. The summed E-state index contributed by atoms with van der Waals surface area (Å²) in [6.07, 6.45) is 3.63. The van der Waals surface area contributed by atoms with Crippen molar-refractivity contribution in [2.75, 3.05) is 31.2 Å². The van der Waals surface area contributed by atoms with Gasteiger partial charge in [-0.1, -0.05) is 0 Å². The molecule has 6 nitrogen and oxygen atoms in total. The number of anilines is 1. The van der Waals surface area contributed by atoms with Crippen LogP contribution in [0.25, 0.3) is 22.3 Å². The van der Waals surface area contributed by atoms with Gasteiger partial charge in [-0.25, -0.2) is 4.98 Å². The normalized spacial score (nSPS) is 15.8. The van der Waals surface area contributed by atoms with Crippen molar-refractivity contribution >= 4 is 16.6 Å². The number of benzene rings is 1. The fourth-order valence-corrected chi connectivity index (χ4v) is 2.81. The molecule has 0 unspecified atom stereocenters. The van der Waals surface area contributed by atoms with Crippen LogP contribution in [0.15, 0.2) is 30.7 Å². The lowest BCUT2D eigenvalue weighted by atomic mass is 10.1. The summed E-state index contributed by atoms with van der Waals surface area (Å²) in [6, 6.07) is 6.45. The molecule has 3 aromatic rings. The van der Waals surface area contributed by atoms with E-state index in [1.54, 1.807) is 6.33 Å². The van der Waals surface area contributed by atoms with Crippen molar-refractivity contribution in [3.8, 4) is 11.4 Å². The Kier molecular flexibility index (Phi) is 2.89. The van der Waals surface area contributed by atoms with Crippen molar-refractivity contribution in [1.29, 1.82) is 0 Å². The van der Waals surface area contributed by atoms with E-state index in [9.17, 15) is 0 Å². The standard InChI is InChI=1S/C15H17N5O/c1-19-10-16-9-14(19)15-12-3-2-11(8-13(12)17-18-15)20-4-6-21-7-5-20/h2-3,8-10H,4-7H2,1H3,(H,17,18). The highest BCUT2D eigenvalue weighted by molar-refractivity contribution is 5.93. The molecule has 1 aliphatic rings. The number of nitrogens with zero attached hydrogens (tertiary/aromatic N) is 4. The minimum Gasteiger partial charge on any atom is -0.378 e. The molecular weight excluding hydrogens is 266 g/mol. The summed E-state index contributed by atoms with van der Waals surface area (Å²) >= 11 is 0. The molecule has 1 aliphatic heterocycles. The number of morpholine rings is 1. The highest BCUT2D eigenvalue weighted by Gasteiger charge is 2.15. The largest absolute Gasteiger partial charge is 0.378 e.